The Morgan fingerprint density at radius 3 is 1.88 bits per heavy atom. The highest BCUT2D eigenvalue weighted by atomic mass is 32.2. The van der Waals surface area contributed by atoms with Crippen molar-refractivity contribution in [3.63, 3.8) is 0 Å². The molecule has 5 rings (SSSR count). The number of carbonyl (C=O) groups excluding carboxylic acids is 3. The van der Waals surface area contributed by atoms with Crippen LogP contribution in [0, 0.1) is 0 Å². The first-order chi connectivity index (χ1) is 24.8. The van der Waals surface area contributed by atoms with Crippen molar-refractivity contribution >= 4 is 46.9 Å². The molecule has 260 valence electrons. The predicted molar refractivity (Wildman–Crippen MR) is 200 cm³/mol. The molecule has 0 bridgehead atoms. The van der Waals surface area contributed by atoms with E-state index < -0.39 is 17.1 Å². The molecule has 0 aliphatic rings. The third-order valence-corrected chi connectivity index (χ3v) is 8.91. The molecule has 11 heteroatoms. The Bertz CT molecular complexity index is 2000. The topological polar surface area (TPSA) is 124 Å². The number of hydrogen-bond donors (Lipinski definition) is 3. The zero-order chi connectivity index (χ0) is 36.2. The third-order valence-electron chi connectivity index (χ3n) is 7.64. The normalized spacial score (nSPS) is 11.5. The molecule has 1 unspecified atom stereocenters. The van der Waals surface area contributed by atoms with E-state index in [1.807, 2.05) is 42.5 Å². The lowest BCUT2D eigenvalue weighted by atomic mass is 10.1. The van der Waals surface area contributed by atoms with Gasteiger partial charge in [0.15, 0.2) is 0 Å². The van der Waals surface area contributed by atoms with Gasteiger partial charge in [-0.1, -0.05) is 48.5 Å². The molecule has 5 aromatic carbocycles. The molecule has 3 amide bonds. The fourth-order valence-electron chi connectivity index (χ4n) is 4.99. The maximum absolute atomic E-state index is 13.7. The van der Waals surface area contributed by atoms with E-state index in [4.69, 9.17) is 18.9 Å². The lowest BCUT2D eigenvalue weighted by Crippen LogP contribution is -2.30. The van der Waals surface area contributed by atoms with Crippen molar-refractivity contribution in [1.82, 2.24) is 5.32 Å². The number of hydrogen-bond acceptors (Lipinski definition) is 8. The molecule has 0 heterocycles. The SMILES string of the molecule is COc1ccc(/C=C(\NC(=O)c2ccccc2)C(=O)Nc2ccc(SC(C(=O)Nc3ccc(OC)cc3OC)c3ccccc3)cc2)c(OC)c1. The molecular weight excluding hydrogens is 667 g/mol. The van der Waals surface area contributed by atoms with E-state index in [0.717, 1.165) is 10.5 Å². The van der Waals surface area contributed by atoms with Gasteiger partial charge in [0.05, 0.1) is 34.1 Å². The van der Waals surface area contributed by atoms with E-state index in [1.165, 1.54) is 26.0 Å². The van der Waals surface area contributed by atoms with E-state index in [1.54, 1.807) is 99.2 Å². The van der Waals surface area contributed by atoms with Crippen molar-refractivity contribution in [2.45, 2.75) is 10.1 Å². The largest absolute Gasteiger partial charge is 0.497 e. The predicted octanol–water partition coefficient (Wildman–Crippen LogP) is 7.60. The second-order valence-electron chi connectivity index (χ2n) is 10.9. The molecule has 0 spiro atoms. The Balaban J connectivity index is 1.36. The Morgan fingerprint density at radius 1 is 0.647 bits per heavy atom. The number of rotatable bonds is 14. The summed E-state index contributed by atoms with van der Waals surface area (Å²) in [4.78, 5) is 41.3. The average Bonchev–Trinajstić information content (AvgIpc) is 3.18. The molecule has 0 radical (unpaired) electrons. The minimum absolute atomic E-state index is 0.000504. The summed E-state index contributed by atoms with van der Waals surface area (Å²) in [5.41, 5.74) is 2.75. The Labute approximate surface area is 300 Å². The van der Waals surface area contributed by atoms with E-state index >= 15 is 0 Å². The number of thioether (sulfide) groups is 1. The number of carbonyl (C=O) groups is 3. The summed E-state index contributed by atoms with van der Waals surface area (Å²) in [6, 6.07) is 35.5. The highest BCUT2D eigenvalue weighted by molar-refractivity contribution is 8.00. The molecule has 0 aromatic heterocycles. The lowest BCUT2D eigenvalue weighted by Gasteiger charge is -2.19. The average molecular weight is 704 g/mol. The molecule has 1 atom stereocenters. The number of anilines is 2. The molecule has 0 fully saturated rings. The maximum atomic E-state index is 13.7. The van der Waals surface area contributed by atoms with Crippen LogP contribution in [0.4, 0.5) is 11.4 Å². The quantitative estimate of drug-likeness (QED) is 0.0798. The number of methoxy groups -OCH3 is 4. The van der Waals surface area contributed by atoms with Crippen LogP contribution in [0.3, 0.4) is 0 Å². The zero-order valence-corrected chi connectivity index (χ0v) is 29.3. The maximum Gasteiger partial charge on any atom is 0.272 e. The first-order valence-corrected chi connectivity index (χ1v) is 16.7. The molecule has 0 aliphatic carbocycles. The first kappa shape index (κ1) is 36.1. The molecule has 5 aromatic rings. The second kappa shape index (κ2) is 17.5. The van der Waals surface area contributed by atoms with Crippen LogP contribution in [0.15, 0.2) is 132 Å². The van der Waals surface area contributed by atoms with Crippen LogP contribution < -0.4 is 34.9 Å². The number of benzene rings is 5. The standard InChI is InChI=1S/C40H37N3O7S/c1-47-30-18-15-28(35(24-30)49-3)23-34(43-38(44)27-13-9-6-10-14-27)39(45)41-29-16-20-32(21-17-29)51-37(26-11-7-5-8-12-26)40(46)42-33-22-19-31(48-2)25-36(33)50-4/h5-25,37H,1-4H3,(H,41,45)(H,42,46)(H,43,44)/b34-23-. The fourth-order valence-corrected chi connectivity index (χ4v) is 6.01. The van der Waals surface area contributed by atoms with Gasteiger partial charge >= 0.3 is 0 Å². The van der Waals surface area contributed by atoms with Gasteiger partial charge in [-0.3, -0.25) is 14.4 Å². The Hall–Kier alpha value is -6.20. The highest BCUT2D eigenvalue weighted by Gasteiger charge is 2.24. The van der Waals surface area contributed by atoms with Gasteiger partial charge in [0.2, 0.25) is 5.91 Å². The first-order valence-electron chi connectivity index (χ1n) is 15.8. The van der Waals surface area contributed by atoms with Crippen molar-refractivity contribution in [1.29, 1.82) is 0 Å². The van der Waals surface area contributed by atoms with Gasteiger partial charge < -0.3 is 34.9 Å². The summed E-state index contributed by atoms with van der Waals surface area (Å²) < 4.78 is 21.6. The Morgan fingerprint density at radius 2 is 1.25 bits per heavy atom. The van der Waals surface area contributed by atoms with Crippen molar-refractivity contribution in [3.8, 4) is 23.0 Å². The van der Waals surface area contributed by atoms with Crippen LogP contribution in [0.2, 0.25) is 0 Å². The van der Waals surface area contributed by atoms with E-state index in [9.17, 15) is 14.4 Å². The molecular formula is C40H37N3O7S. The van der Waals surface area contributed by atoms with Crippen molar-refractivity contribution in [2.24, 2.45) is 0 Å². The van der Waals surface area contributed by atoms with Crippen LogP contribution in [0.1, 0.15) is 26.7 Å². The van der Waals surface area contributed by atoms with Gasteiger partial charge in [-0.25, -0.2) is 0 Å². The number of nitrogens with one attached hydrogen (secondary N) is 3. The minimum atomic E-state index is -0.610. The summed E-state index contributed by atoms with van der Waals surface area (Å²) in [6.45, 7) is 0. The van der Waals surface area contributed by atoms with Gasteiger partial charge in [0, 0.05) is 33.8 Å². The van der Waals surface area contributed by atoms with E-state index in [-0.39, 0.29) is 11.6 Å². The summed E-state index contributed by atoms with van der Waals surface area (Å²) >= 11 is 1.36. The van der Waals surface area contributed by atoms with E-state index in [2.05, 4.69) is 16.0 Å². The molecule has 51 heavy (non-hydrogen) atoms. The van der Waals surface area contributed by atoms with Gasteiger partial charge in [0.1, 0.15) is 33.9 Å². The monoisotopic (exact) mass is 703 g/mol. The van der Waals surface area contributed by atoms with Gasteiger partial charge in [-0.2, -0.15) is 0 Å². The van der Waals surface area contributed by atoms with Gasteiger partial charge in [-0.05, 0) is 72.3 Å². The fraction of sp³-hybridized carbons (Fsp3) is 0.125. The van der Waals surface area contributed by atoms with Crippen molar-refractivity contribution in [2.75, 3.05) is 39.1 Å². The third kappa shape index (κ3) is 9.49. The number of amides is 3. The molecule has 0 saturated carbocycles. The van der Waals surface area contributed by atoms with Crippen LogP contribution in [-0.4, -0.2) is 46.2 Å². The molecule has 0 saturated heterocycles. The summed E-state index contributed by atoms with van der Waals surface area (Å²) in [6.07, 6.45) is 1.54. The van der Waals surface area contributed by atoms with Crippen molar-refractivity contribution in [3.05, 3.63) is 144 Å². The minimum Gasteiger partial charge on any atom is -0.497 e. The lowest BCUT2D eigenvalue weighted by molar-refractivity contribution is -0.116. The smallest absolute Gasteiger partial charge is 0.272 e. The zero-order valence-electron chi connectivity index (χ0n) is 28.5. The van der Waals surface area contributed by atoms with Crippen LogP contribution in [0.25, 0.3) is 6.08 Å². The van der Waals surface area contributed by atoms with E-state index in [0.29, 0.717) is 45.5 Å². The highest BCUT2D eigenvalue weighted by Crippen LogP contribution is 2.38. The van der Waals surface area contributed by atoms with Crippen LogP contribution in [0.5, 0.6) is 23.0 Å². The van der Waals surface area contributed by atoms with Gasteiger partial charge in [0.25, 0.3) is 11.8 Å². The van der Waals surface area contributed by atoms with Gasteiger partial charge in [-0.15, -0.1) is 11.8 Å². The summed E-state index contributed by atoms with van der Waals surface area (Å²) in [5.74, 6) is 0.864. The Kier molecular flexibility index (Phi) is 12.4. The number of ether oxygens (including phenoxy) is 4. The van der Waals surface area contributed by atoms with Crippen LogP contribution in [-0.2, 0) is 9.59 Å². The molecule has 0 aliphatic heterocycles. The summed E-state index contributed by atoms with van der Waals surface area (Å²) in [5, 5.41) is 7.99. The van der Waals surface area contributed by atoms with Crippen molar-refractivity contribution < 1.29 is 33.3 Å². The second-order valence-corrected chi connectivity index (χ2v) is 12.1. The summed E-state index contributed by atoms with van der Waals surface area (Å²) in [7, 11) is 6.14. The molecule has 10 nitrogen and oxygen atoms in total. The van der Waals surface area contributed by atoms with Crippen LogP contribution >= 0.6 is 11.8 Å². The molecule has 3 N–H and O–H groups in total.